The number of benzene rings is 1. The minimum absolute atomic E-state index is 0.0776. The van der Waals surface area contributed by atoms with E-state index in [2.05, 4.69) is 5.32 Å². The molecule has 0 spiro atoms. The maximum Gasteiger partial charge on any atom is 0.227 e. The standard InChI is InChI=1S/C16H21ClN2O3/c1-4-10(2)18-16(21)11-7-15(20)19(9-11)13-8-12(17)5-6-14(13)22-3/h5-6,8,10-11H,4,7,9H2,1-3H3,(H,18,21). The summed E-state index contributed by atoms with van der Waals surface area (Å²) in [4.78, 5) is 26.1. The molecule has 0 aliphatic carbocycles. The number of anilines is 1. The average Bonchev–Trinajstić information content (AvgIpc) is 2.89. The average molecular weight is 325 g/mol. The van der Waals surface area contributed by atoms with Gasteiger partial charge < -0.3 is 15.0 Å². The number of rotatable bonds is 5. The second-order valence-corrected chi connectivity index (χ2v) is 5.98. The number of methoxy groups -OCH3 is 1. The molecule has 1 heterocycles. The number of hydrogen-bond acceptors (Lipinski definition) is 3. The molecule has 1 aromatic rings. The van der Waals surface area contributed by atoms with Crippen LogP contribution in [0.4, 0.5) is 5.69 Å². The Bertz CT molecular complexity index is 577. The highest BCUT2D eigenvalue weighted by Crippen LogP contribution is 2.35. The van der Waals surface area contributed by atoms with Crippen LogP contribution in [0.3, 0.4) is 0 Å². The van der Waals surface area contributed by atoms with Crippen molar-refractivity contribution >= 4 is 29.1 Å². The third kappa shape index (κ3) is 3.53. The molecule has 2 unspecified atom stereocenters. The van der Waals surface area contributed by atoms with E-state index in [9.17, 15) is 9.59 Å². The number of carbonyl (C=O) groups excluding carboxylic acids is 2. The predicted molar refractivity (Wildman–Crippen MR) is 86.4 cm³/mol. The summed E-state index contributed by atoms with van der Waals surface area (Å²) in [5, 5.41) is 3.45. The van der Waals surface area contributed by atoms with E-state index in [-0.39, 0.29) is 30.2 Å². The molecule has 1 fully saturated rings. The van der Waals surface area contributed by atoms with Gasteiger partial charge in [0.15, 0.2) is 0 Å². The van der Waals surface area contributed by atoms with Crippen LogP contribution >= 0.6 is 11.6 Å². The molecule has 0 saturated carbocycles. The largest absolute Gasteiger partial charge is 0.495 e. The Kier molecular flexibility index (Phi) is 5.29. The van der Waals surface area contributed by atoms with Crippen molar-refractivity contribution in [3.8, 4) is 5.75 Å². The Morgan fingerprint density at radius 3 is 2.91 bits per heavy atom. The van der Waals surface area contributed by atoms with Crippen molar-refractivity contribution in [3.63, 3.8) is 0 Å². The number of nitrogens with zero attached hydrogens (tertiary/aromatic N) is 1. The maximum atomic E-state index is 12.3. The van der Waals surface area contributed by atoms with E-state index in [4.69, 9.17) is 16.3 Å². The van der Waals surface area contributed by atoms with E-state index in [1.165, 1.54) is 0 Å². The van der Waals surface area contributed by atoms with Gasteiger partial charge in [0.1, 0.15) is 5.75 Å². The van der Waals surface area contributed by atoms with Crippen LogP contribution < -0.4 is 15.0 Å². The fourth-order valence-electron chi connectivity index (χ4n) is 2.45. The van der Waals surface area contributed by atoms with Gasteiger partial charge in [-0.05, 0) is 31.5 Å². The highest BCUT2D eigenvalue weighted by Gasteiger charge is 2.36. The minimum atomic E-state index is -0.342. The van der Waals surface area contributed by atoms with Gasteiger partial charge in [0.05, 0.1) is 18.7 Å². The van der Waals surface area contributed by atoms with Crippen LogP contribution in [-0.4, -0.2) is 31.5 Å². The summed E-state index contributed by atoms with van der Waals surface area (Å²) in [6.45, 7) is 4.30. The third-order valence-corrected chi connectivity index (χ3v) is 4.16. The van der Waals surface area contributed by atoms with Crippen molar-refractivity contribution in [1.29, 1.82) is 0 Å². The first-order valence-corrected chi connectivity index (χ1v) is 7.78. The Morgan fingerprint density at radius 2 is 2.27 bits per heavy atom. The summed E-state index contributed by atoms with van der Waals surface area (Å²) in [6, 6.07) is 5.22. The van der Waals surface area contributed by atoms with Crippen molar-refractivity contribution < 1.29 is 14.3 Å². The topological polar surface area (TPSA) is 58.6 Å². The number of hydrogen-bond donors (Lipinski definition) is 1. The van der Waals surface area contributed by atoms with Crippen LogP contribution in [0, 0.1) is 5.92 Å². The lowest BCUT2D eigenvalue weighted by molar-refractivity contribution is -0.126. The molecule has 5 nitrogen and oxygen atoms in total. The van der Waals surface area contributed by atoms with Gasteiger partial charge in [-0.15, -0.1) is 0 Å². The molecule has 22 heavy (non-hydrogen) atoms. The second-order valence-electron chi connectivity index (χ2n) is 5.54. The van der Waals surface area contributed by atoms with Crippen LogP contribution in [0.5, 0.6) is 5.75 Å². The molecule has 1 N–H and O–H groups in total. The SMILES string of the molecule is CCC(C)NC(=O)C1CC(=O)N(c2cc(Cl)ccc2OC)C1. The second kappa shape index (κ2) is 7.01. The molecule has 6 heteroatoms. The van der Waals surface area contributed by atoms with E-state index >= 15 is 0 Å². The predicted octanol–water partition coefficient (Wildman–Crippen LogP) is 2.62. The van der Waals surface area contributed by atoms with Gasteiger partial charge in [0, 0.05) is 24.0 Å². The molecule has 0 bridgehead atoms. The molecule has 2 atom stereocenters. The smallest absolute Gasteiger partial charge is 0.227 e. The van der Waals surface area contributed by atoms with Gasteiger partial charge in [-0.3, -0.25) is 9.59 Å². The van der Waals surface area contributed by atoms with Crippen molar-refractivity contribution in [2.24, 2.45) is 5.92 Å². The number of amides is 2. The molecule has 0 radical (unpaired) electrons. The molecule has 2 amide bonds. The van der Waals surface area contributed by atoms with E-state index < -0.39 is 0 Å². The molecule has 2 rings (SSSR count). The Labute approximate surface area is 135 Å². The zero-order chi connectivity index (χ0) is 16.3. The van der Waals surface area contributed by atoms with Crippen LogP contribution in [0.25, 0.3) is 0 Å². The summed E-state index contributed by atoms with van der Waals surface area (Å²) in [5.74, 6) is 0.0574. The van der Waals surface area contributed by atoms with Crippen LogP contribution in [0.2, 0.25) is 5.02 Å². The van der Waals surface area contributed by atoms with Crippen molar-refractivity contribution in [3.05, 3.63) is 23.2 Å². The van der Waals surface area contributed by atoms with Gasteiger partial charge >= 0.3 is 0 Å². The summed E-state index contributed by atoms with van der Waals surface area (Å²) in [7, 11) is 1.54. The van der Waals surface area contributed by atoms with E-state index in [0.717, 1.165) is 6.42 Å². The van der Waals surface area contributed by atoms with Crippen molar-refractivity contribution in [1.82, 2.24) is 5.32 Å². The lowest BCUT2D eigenvalue weighted by Gasteiger charge is -2.20. The fraction of sp³-hybridized carbons (Fsp3) is 0.500. The summed E-state index contributed by atoms with van der Waals surface area (Å²) in [6.07, 6.45) is 1.07. The molecule has 0 aromatic heterocycles. The van der Waals surface area contributed by atoms with Crippen molar-refractivity contribution in [2.45, 2.75) is 32.7 Å². The zero-order valence-electron chi connectivity index (χ0n) is 13.1. The summed E-state index contributed by atoms with van der Waals surface area (Å²) in [5.41, 5.74) is 0.610. The highest BCUT2D eigenvalue weighted by atomic mass is 35.5. The fourth-order valence-corrected chi connectivity index (χ4v) is 2.62. The van der Waals surface area contributed by atoms with Crippen molar-refractivity contribution in [2.75, 3.05) is 18.6 Å². The molecule has 120 valence electrons. The normalized spacial score (nSPS) is 19.2. The first-order valence-electron chi connectivity index (χ1n) is 7.40. The minimum Gasteiger partial charge on any atom is -0.495 e. The summed E-state index contributed by atoms with van der Waals surface area (Å²) < 4.78 is 5.29. The van der Waals surface area contributed by atoms with Gasteiger partial charge in [-0.2, -0.15) is 0 Å². The van der Waals surface area contributed by atoms with E-state index in [1.54, 1.807) is 30.2 Å². The Balaban J connectivity index is 2.16. The zero-order valence-corrected chi connectivity index (χ0v) is 13.8. The van der Waals surface area contributed by atoms with Gasteiger partial charge in [0.2, 0.25) is 11.8 Å². The quantitative estimate of drug-likeness (QED) is 0.905. The first-order chi connectivity index (χ1) is 10.5. The lowest BCUT2D eigenvalue weighted by Crippen LogP contribution is -2.38. The maximum absolute atomic E-state index is 12.3. The molecule has 1 aliphatic rings. The Morgan fingerprint density at radius 1 is 1.55 bits per heavy atom. The van der Waals surface area contributed by atoms with Crippen LogP contribution in [-0.2, 0) is 9.59 Å². The first kappa shape index (κ1) is 16.6. The molecule has 1 aromatic carbocycles. The molecular weight excluding hydrogens is 304 g/mol. The monoisotopic (exact) mass is 324 g/mol. The number of ether oxygens (including phenoxy) is 1. The van der Waals surface area contributed by atoms with E-state index in [0.29, 0.717) is 23.0 Å². The molecule has 1 saturated heterocycles. The Hall–Kier alpha value is -1.75. The number of nitrogens with one attached hydrogen (secondary N) is 1. The lowest BCUT2D eigenvalue weighted by atomic mass is 10.1. The van der Waals surface area contributed by atoms with Crippen LogP contribution in [0.15, 0.2) is 18.2 Å². The molecular formula is C16H21ClN2O3. The number of halogens is 1. The van der Waals surface area contributed by atoms with E-state index in [1.807, 2.05) is 13.8 Å². The van der Waals surface area contributed by atoms with Gasteiger partial charge in [0.25, 0.3) is 0 Å². The summed E-state index contributed by atoms with van der Waals surface area (Å²) >= 11 is 6.01. The third-order valence-electron chi connectivity index (χ3n) is 3.93. The van der Waals surface area contributed by atoms with Gasteiger partial charge in [-0.1, -0.05) is 18.5 Å². The van der Waals surface area contributed by atoms with Crippen LogP contribution in [0.1, 0.15) is 26.7 Å². The molecule has 1 aliphatic heterocycles. The van der Waals surface area contributed by atoms with Gasteiger partial charge in [-0.25, -0.2) is 0 Å². The number of carbonyl (C=O) groups is 2. The highest BCUT2D eigenvalue weighted by molar-refractivity contribution is 6.31.